The number of aromatic nitrogens is 3. The van der Waals surface area contributed by atoms with Crippen molar-refractivity contribution in [3.05, 3.63) is 77.1 Å². The first-order chi connectivity index (χ1) is 14.2. The molecule has 2 aromatic carbocycles. The van der Waals surface area contributed by atoms with E-state index in [1.807, 2.05) is 66.9 Å². The van der Waals surface area contributed by atoms with E-state index < -0.39 is 0 Å². The second-order valence-electron chi connectivity index (χ2n) is 6.54. The summed E-state index contributed by atoms with van der Waals surface area (Å²) in [6.07, 6.45) is 0.509. The zero-order chi connectivity index (χ0) is 20.1. The molecule has 0 spiro atoms. The summed E-state index contributed by atoms with van der Waals surface area (Å²) < 4.78 is 11.0. The Kier molecular flexibility index (Phi) is 5.76. The third-order valence-electron chi connectivity index (χ3n) is 4.26. The minimum Gasteiger partial charge on any atom is -0.459 e. The van der Waals surface area contributed by atoms with Crippen LogP contribution in [-0.2, 0) is 22.6 Å². The lowest BCUT2D eigenvalue weighted by Crippen LogP contribution is -2.06. The predicted octanol–water partition coefficient (Wildman–Crippen LogP) is 4.84. The van der Waals surface area contributed by atoms with Crippen molar-refractivity contribution < 1.29 is 13.9 Å². The van der Waals surface area contributed by atoms with Gasteiger partial charge in [-0.15, -0.1) is 21.5 Å². The van der Waals surface area contributed by atoms with E-state index in [0.29, 0.717) is 18.2 Å². The van der Waals surface area contributed by atoms with Crippen molar-refractivity contribution in [3.8, 4) is 22.0 Å². The highest BCUT2D eigenvalue weighted by Crippen LogP contribution is 2.23. The molecule has 146 valence electrons. The highest BCUT2D eigenvalue weighted by Gasteiger charge is 2.12. The van der Waals surface area contributed by atoms with Gasteiger partial charge in [0, 0.05) is 22.9 Å². The first kappa shape index (κ1) is 19.0. The Morgan fingerprint density at radius 3 is 2.62 bits per heavy atom. The molecule has 0 amide bonds. The van der Waals surface area contributed by atoms with Crippen LogP contribution in [0, 0.1) is 6.92 Å². The summed E-state index contributed by atoms with van der Waals surface area (Å²) in [5.74, 6) is 0.538. The molecule has 6 nitrogen and oxygen atoms in total. The van der Waals surface area contributed by atoms with E-state index in [4.69, 9.17) is 9.15 Å². The molecule has 0 aliphatic carbocycles. The average Bonchev–Trinajstić information content (AvgIpc) is 3.42. The van der Waals surface area contributed by atoms with Crippen LogP contribution in [-0.4, -0.2) is 21.2 Å². The molecule has 4 aromatic rings. The van der Waals surface area contributed by atoms with E-state index in [1.54, 1.807) is 0 Å². The van der Waals surface area contributed by atoms with Crippen molar-refractivity contribution in [1.82, 2.24) is 15.2 Å². The minimum absolute atomic E-state index is 0.153. The highest BCUT2D eigenvalue weighted by molar-refractivity contribution is 7.13. The number of hydrogen-bond donors (Lipinski definition) is 0. The molecule has 0 unspecified atom stereocenters. The van der Waals surface area contributed by atoms with Gasteiger partial charge in [0.2, 0.25) is 11.8 Å². The predicted molar refractivity (Wildman–Crippen MR) is 110 cm³/mol. The van der Waals surface area contributed by atoms with Crippen molar-refractivity contribution in [2.45, 2.75) is 26.4 Å². The molecule has 2 heterocycles. The molecule has 2 aromatic heterocycles. The van der Waals surface area contributed by atoms with Crippen LogP contribution < -0.4 is 0 Å². The normalized spacial score (nSPS) is 10.8. The van der Waals surface area contributed by atoms with Gasteiger partial charge in [-0.25, -0.2) is 4.98 Å². The Balaban J connectivity index is 1.27. The van der Waals surface area contributed by atoms with Gasteiger partial charge in [-0.05, 0) is 19.1 Å². The molecule has 0 bridgehead atoms. The van der Waals surface area contributed by atoms with Crippen molar-refractivity contribution >= 4 is 17.3 Å². The number of rotatable bonds is 7. The SMILES string of the molecule is Cc1ccc(-c2nnc(CCC(=O)OCc3csc(-c4ccccc4)n3)o2)cc1. The molecule has 0 aliphatic heterocycles. The third-order valence-corrected chi connectivity index (χ3v) is 5.20. The number of benzene rings is 2. The number of carbonyl (C=O) groups excluding carboxylic acids is 1. The molecule has 7 heteroatoms. The second kappa shape index (κ2) is 8.79. The van der Waals surface area contributed by atoms with Crippen LogP contribution >= 0.6 is 11.3 Å². The Bertz CT molecular complexity index is 1090. The van der Waals surface area contributed by atoms with Crippen LogP contribution in [0.25, 0.3) is 22.0 Å². The quantitative estimate of drug-likeness (QED) is 0.409. The number of aryl methyl sites for hydroxylation is 2. The summed E-state index contributed by atoms with van der Waals surface area (Å²) in [6, 6.07) is 17.7. The van der Waals surface area contributed by atoms with Crippen molar-refractivity contribution in [2.75, 3.05) is 0 Å². The maximum atomic E-state index is 12.0. The Labute approximate surface area is 172 Å². The van der Waals surface area contributed by atoms with Crippen molar-refractivity contribution in [1.29, 1.82) is 0 Å². The lowest BCUT2D eigenvalue weighted by molar-refractivity contribution is -0.145. The molecule has 29 heavy (non-hydrogen) atoms. The number of carbonyl (C=O) groups is 1. The summed E-state index contributed by atoms with van der Waals surface area (Å²) in [5.41, 5.74) is 3.81. The molecule has 0 saturated carbocycles. The van der Waals surface area contributed by atoms with E-state index in [2.05, 4.69) is 15.2 Å². The molecule has 0 radical (unpaired) electrons. The molecule has 4 rings (SSSR count). The van der Waals surface area contributed by atoms with Gasteiger partial charge in [0.15, 0.2) is 0 Å². The smallest absolute Gasteiger partial charge is 0.306 e. The summed E-state index contributed by atoms with van der Waals surface area (Å²) in [5, 5.41) is 10.9. The standard InChI is InChI=1S/C22H19N3O3S/c1-15-7-9-16(10-8-15)21-25-24-19(28-21)11-12-20(26)27-13-18-14-29-22(23-18)17-5-3-2-4-6-17/h2-10,14H,11-13H2,1H3. The van der Waals surface area contributed by atoms with Crippen LogP contribution in [0.2, 0.25) is 0 Å². The summed E-state index contributed by atoms with van der Waals surface area (Å²) in [7, 11) is 0. The zero-order valence-corrected chi connectivity index (χ0v) is 16.7. The maximum Gasteiger partial charge on any atom is 0.306 e. The van der Waals surface area contributed by atoms with Gasteiger partial charge >= 0.3 is 5.97 Å². The second-order valence-corrected chi connectivity index (χ2v) is 7.40. The number of nitrogens with zero attached hydrogens (tertiary/aromatic N) is 3. The van der Waals surface area contributed by atoms with Crippen LogP contribution in [0.3, 0.4) is 0 Å². The van der Waals surface area contributed by atoms with Gasteiger partial charge < -0.3 is 9.15 Å². The average molecular weight is 405 g/mol. The fourth-order valence-electron chi connectivity index (χ4n) is 2.69. The summed E-state index contributed by atoms with van der Waals surface area (Å²) in [4.78, 5) is 16.6. The Morgan fingerprint density at radius 2 is 1.83 bits per heavy atom. The van der Waals surface area contributed by atoms with E-state index in [0.717, 1.165) is 27.4 Å². The van der Waals surface area contributed by atoms with Crippen LogP contribution in [0.4, 0.5) is 0 Å². The van der Waals surface area contributed by atoms with E-state index >= 15 is 0 Å². The van der Waals surface area contributed by atoms with Crippen molar-refractivity contribution in [3.63, 3.8) is 0 Å². The lowest BCUT2D eigenvalue weighted by Gasteiger charge is -2.01. The van der Waals surface area contributed by atoms with E-state index in [9.17, 15) is 4.79 Å². The lowest BCUT2D eigenvalue weighted by atomic mass is 10.1. The van der Waals surface area contributed by atoms with Crippen molar-refractivity contribution in [2.24, 2.45) is 0 Å². The Morgan fingerprint density at radius 1 is 1.03 bits per heavy atom. The van der Waals surface area contributed by atoms with Crippen LogP contribution in [0.15, 0.2) is 64.4 Å². The van der Waals surface area contributed by atoms with Gasteiger partial charge in [-0.3, -0.25) is 4.79 Å². The highest BCUT2D eigenvalue weighted by atomic mass is 32.1. The van der Waals surface area contributed by atoms with Gasteiger partial charge in [-0.1, -0.05) is 48.0 Å². The summed E-state index contributed by atoms with van der Waals surface area (Å²) >= 11 is 1.53. The number of esters is 1. The van der Waals surface area contributed by atoms with E-state index in [1.165, 1.54) is 11.3 Å². The molecule has 0 aliphatic rings. The molecular weight excluding hydrogens is 386 g/mol. The molecule has 0 N–H and O–H groups in total. The Hall–Kier alpha value is -3.32. The fourth-order valence-corrected chi connectivity index (χ4v) is 3.50. The van der Waals surface area contributed by atoms with Gasteiger partial charge in [-0.2, -0.15) is 0 Å². The monoisotopic (exact) mass is 405 g/mol. The number of hydrogen-bond acceptors (Lipinski definition) is 7. The first-order valence-corrected chi connectivity index (χ1v) is 10.1. The molecule has 0 saturated heterocycles. The molecule has 0 atom stereocenters. The van der Waals surface area contributed by atoms with Gasteiger partial charge in [0.05, 0.1) is 12.1 Å². The first-order valence-electron chi connectivity index (χ1n) is 9.22. The zero-order valence-electron chi connectivity index (χ0n) is 15.9. The number of ether oxygens (including phenoxy) is 1. The maximum absolute atomic E-state index is 12.0. The van der Waals surface area contributed by atoms with Gasteiger partial charge in [0.1, 0.15) is 11.6 Å². The third kappa shape index (κ3) is 4.94. The summed E-state index contributed by atoms with van der Waals surface area (Å²) in [6.45, 7) is 2.17. The largest absolute Gasteiger partial charge is 0.459 e. The van der Waals surface area contributed by atoms with Crippen LogP contribution in [0.5, 0.6) is 0 Å². The van der Waals surface area contributed by atoms with E-state index in [-0.39, 0.29) is 19.0 Å². The minimum atomic E-state index is -0.325. The van der Waals surface area contributed by atoms with Gasteiger partial charge in [0.25, 0.3) is 0 Å². The molecule has 0 fully saturated rings. The topological polar surface area (TPSA) is 78.1 Å². The number of thiazole rings is 1. The van der Waals surface area contributed by atoms with Crippen LogP contribution in [0.1, 0.15) is 23.6 Å². The molecular formula is C22H19N3O3S. The fraction of sp³-hybridized carbons (Fsp3) is 0.182.